The van der Waals surface area contributed by atoms with Crippen LogP contribution in [0.15, 0.2) is 42.5 Å². The van der Waals surface area contributed by atoms with Gasteiger partial charge in [-0.15, -0.1) is 0 Å². The van der Waals surface area contributed by atoms with Gasteiger partial charge in [0, 0.05) is 0 Å². The average molecular weight is 320 g/mol. The van der Waals surface area contributed by atoms with E-state index in [4.69, 9.17) is 12.2 Å². The number of hydrogen-bond acceptors (Lipinski definition) is 1. The van der Waals surface area contributed by atoms with Crippen molar-refractivity contribution in [2.24, 2.45) is 0 Å². The molecule has 0 amide bonds. The molecule has 1 atom stereocenters. The molecule has 0 fully saturated rings. The Morgan fingerprint density at radius 1 is 1.09 bits per heavy atom. The minimum absolute atomic E-state index is 0.0181. The van der Waals surface area contributed by atoms with Crippen molar-refractivity contribution in [2.45, 2.75) is 26.3 Å². The summed E-state index contributed by atoms with van der Waals surface area (Å²) in [4.78, 5) is 0. The van der Waals surface area contributed by atoms with Crippen LogP contribution in [0.4, 0.5) is 14.5 Å². The van der Waals surface area contributed by atoms with Crippen LogP contribution in [0, 0.1) is 18.6 Å². The summed E-state index contributed by atoms with van der Waals surface area (Å²) in [5.41, 5.74) is 2.01. The van der Waals surface area contributed by atoms with Gasteiger partial charge in [0.05, 0.1) is 6.04 Å². The van der Waals surface area contributed by atoms with Crippen LogP contribution in [0.5, 0.6) is 0 Å². The lowest BCUT2D eigenvalue weighted by Crippen LogP contribution is -2.32. The predicted molar refractivity (Wildman–Crippen MR) is 89.9 cm³/mol. The number of rotatable bonds is 4. The van der Waals surface area contributed by atoms with Crippen molar-refractivity contribution >= 4 is 23.0 Å². The van der Waals surface area contributed by atoms with Crippen molar-refractivity contribution in [3.8, 4) is 0 Å². The van der Waals surface area contributed by atoms with Gasteiger partial charge < -0.3 is 10.6 Å². The fraction of sp³-hybridized carbons (Fsp3) is 0.235. The van der Waals surface area contributed by atoms with Crippen molar-refractivity contribution in [2.75, 3.05) is 5.32 Å². The Morgan fingerprint density at radius 2 is 1.68 bits per heavy atom. The van der Waals surface area contributed by atoms with Gasteiger partial charge >= 0.3 is 0 Å². The second kappa shape index (κ2) is 7.31. The SMILES string of the molecule is CCC(NC(=S)Nc1c(F)cccc1F)c1ccc(C)cc1. The van der Waals surface area contributed by atoms with Crippen LogP contribution < -0.4 is 10.6 Å². The van der Waals surface area contributed by atoms with E-state index in [2.05, 4.69) is 10.6 Å². The van der Waals surface area contributed by atoms with Gasteiger partial charge in [0.15, 0.2) is 5.11 Å². The molecule has 0 aliphatic carbocycles. The number of halogens is 2. The maximum absolute atomic E-state index is 13.6. The highest BCUT2D eigenvalue weighted by Crippen LogP contribution is 2.20. The van der Waals surface area contributed by atoms with Crippen molar-refractivity contribution in [1.82, 2.24) is 5.32 Å². The van der Waals surface area contributed by atoms with Gasteiger partial charge in [0.25, 0.3) is 0 Å². The molecule has 2 N–H and O–H groups in total. The quantitative estimate of drug-likeness (QED) is 0.798. The molecule has 0 spiro atoms. The molecule has 5 heteroatoms. The van der Waals surface area contributed by atoms with Crippen molar-refractivity contribution in [3.05, 3.63) is 65.2 Å². The third-order valence-corrected chi connectivity index (χ3v) is 3.61. The molecule has 0 aliphatic rings. The molecular formula is C17H18F2N2S. The summed E-state index contributed by atoms with van der Waals surface area (Å²) in [6, 6.07) is 11.7. The number of hydrogen-bond donors (Lipinski definition) is 2. The Morgan fingerprint density at radius 3 is 2.23 bits per heavy atom. The molecule has 1 unspecified atom stereocenters. The maximum Gasteiger partial charge on any atom is 0.171 e. The summed E-state index contributed by atoms with van der Waals surface area (Å²) < 4.78 is 27.2. The Balaban J connectivity index is 2.08. The van der Waals surface area contributed by atoms with Crippen LogP contribution in [0.2, 0.25) is 0 Å². The summed E-state index contributed by atoms with van der Waals surface area (Å²) in [5.74, 6) is -1.35. The highest BCUT2D eigenvalue weighted by atomic mass is 32.1. The van der Waals surface area contributed by atoms with E-state index < -0.39 is 11.6 Å². The van der Waals surface area contributed by atoms with Crippen molar-refractivity contribution < 1.29 is 8.78 Å². The normalized spacial score (nSPS) is 11.8. The highest BCUT2D eigenvalue weighted by Gasteiger charge is 2.13. The van der Waals surface area contributed by atoms with Crippen molar-refractivity contribution in [3.63, 3.8) is 0 Å². The average Bonchev–Trinajstić information content (AvgIpc) is 2.50. The third kappa shape index (κ3) is 4.01. The number of thiocarbonyl (C=S) groups is 1. The van der Waals surface area contributed by atoms with Gasteiger partial charge in [-0.1, -0.05) is 42.8 Å². The summed E-state index contributed by atoms with van der Waals surface area (Å²) in [6.45, 7) is 4.04. The zero-order chi connectivity index (χ0) is 16.1. The Labute approximate surface area is 134 Å². The summed E-state index contributed by atoms with van der Waals surface area (Å²) in [5, 5.41) is 5.88. The lowest BCUT2D eigenvalue weighted by molar-refractivity contribution is 0.589. The van der Waals surface area contributed by atoms with Gasteiger partial charge in [-0.3, -0.25) is 0 Å². The molecule has 0 aromatic heterocycles. The molecule has 0 saturated carbocycles. The van der Waals surface area contributed by atoms with E-state index in [1.807, 2.05) is 38.1 Å². The Bertz CT molecular complexity index is 636. The van der Waals surface area contributed by atoms with Crippen LogP contribution in [0.1, 0.15) is 30.5 Å². The first-order valence-corrected chi connectivity index (χ1v) is 7.50. The fourth-order valence-corrected chi connectivity index (χ4v) is 2.39. The highest BCUT2D eigenvalue weighted by molar-refractivity contribution is 7.80. The molecule has 0 aliphatic heterocycles. The van der Waals surface area contributed by atoms with E-state index in [1.165, 1.54) is 23.8 Å². The molecule has 2 aromatic rings. The van der Waals surface area contributed by atoms with E-state index in [9.17, 15) is 8.78 Å². The molecule has 2 nitrogen and oxygen atoms in total. The Kier molecular flexibility index (Phi) is 5.44. The van der Waals surface area contributed by atoms with E-state index in [0.717, 1.165) is 12.0 Å². The van der Waals surface area contributed by atoms with Crippen molar-refractivity contribution in [1.29, 1.82) is 0 Å². The molecule has 116 valence electrons. The topological polar surface area (TPSA) is 24.1 Å². The maximum atomic E-state index is 13.6. The van der Waals surface area contributed by atoms with Gasteiger partial charge in [-0.25, -0.2) is 8.78 Å². The second-order valence-corrected chi connectivity index (χ2v) is 5.47. The molecule has 0 radical (unpaired) electrons. The van der Waals surface area contributed by atoms with Gasteiger partial charge in [0.2, 0.25) is 0 Å². The first-order chi connectivity index (χ1) is 10.5. The fourth-order valence-electron chi connectivity index (χ4n) is 2.14. The monoisotopic (exact) mass is 320 g/mol. The lowest BCUT2D eigenvalue weighted by atomic mass is 10.0. The summed E-state index contributed by atoms with van der Waals surface area (Å²) >= 11 is 5.17. The van der Waals surface area contributed by atoms with E-state index in [-0.39, 0.29) is 16.8 Å². The first-order valence-electron chi connectivity index (χ1n) is 7.09. The van der Waals surface area contributed by atoms with E-state index >= 15 is 0 Å². The van der Waals surface area contributed by atoms with Gasteiger partial charge in [0.1, 0.15) is 17.3 Å². The smallest absolute Gasteiger partial charge is 0.171 e. The lowest BCUT2D eigenvalue weighted by Gasteiger charge is -2.20. The Hall–Kier alpha value is -2.01. The van der Waals surface area contributed by atoms with Crippen LogP contribution in [0.3, 0.4) is 0 Å². The van der Waals surface area contributed by atoms with Gasteiger partial charge in [-0.2, -0.15) is 0 Å². The number of anilines is 1. The van der Waals surface area contributed by atoms with E-state index in [1.54, 1.807) is 0 Å². The molecular weight excluding hydrogens is 302 g/mol. The zero-order valence-corrected chi connectivity index (χ0v) is 13.3. The minimum Gasteiger partial charge on any atom is -0.356 e. The zero-order valence-electron chi connectivity index (χ0n) is 12.5. The molecule has 0 bridgehead atoms. The number of para-hydroxylation sites is 1. The van der Waals surface area contributed by atoms with Crippen LogP contribution in [0.25, 0.3) is 0 Å². The standard InChI is InChI=1S/C17H18F2N2S/c1-3-15(12-9-7-11(2)8-10-12)20-17(22)21-16-13(18)5-4-6-14(16)19/h4-10,15H,3H2,1-2H3,(H2,20,21,22). The van der Waals surface area contributed by atoms with Gasteiger partial charge in [-0.05, 0) is 43.3 Å². The summed E-state index contributed by atoms with van der Waals surface area (Å²) in [6.07, 6.45) is 0.796. The van der Waals surface area contributed by atoms with Crippen LogP contribution >= 0.6 is 12.2 Å². The first kappa shape index (κ1) is 16.4. The van der Waals surface area contributed by atoms with Crippen LogP contribution in [-0.2, 0) is 0 Å². The molecule has 22 heavy (non-hydrogen) atoms. The number of nitrogens with one attached hydrogen (secondary N) is 2. The molecule has 0 saturated heterocycles. The minimum atomic E-state index is -0.674. The largest absolute Gasteiger partial charge is 0.356 e. The van der Waals surface area contributed by atoms with E-state index in [0.29, 0.717) is 0 Å². The third-order valence-electron chi connectivity index (χ3n) is 3.39. The number of benzene rings is 2. The number of aryl methyl sites for hydroxylation is 1. The predicted octanol–water partition coefficient (Wildman–Crippen LogP) is 4.71. The molecule has 2 rings (SSSR count). The summed E-state index contributed by atoms with van der Waals surface area (Å²) in [7, 11) is 0. The molecule has 0 heterocycles. The second-order valence-electron chi connectivity index (χ2n) is 5.07. The molecule has 2 aromatic carbocycles. The van der Waals surface area contributed by atoms with Crippen LogP contribution in [-0.4, -0.2) is 5.11 Å².